The van der Waals surface area contributed by atoms with Crippen LogP contribution in [-0.2, 0) is 14.8 Å². The molecule has 2 unspecified atom stereocenters. The molecule has 0 rings (SSSR count). The average molecular weight is 166 g/mol. The number of hydrogen-bond donors (Lipinski definition) is 2. The highest BCUT2D eigenvalue weighted by molar-refractivity contribution is 4.37. The van der Waals surface area contributed by atoms with Gasteiger partial charge in [-0.15, -0.1) is 0 Å². The Labute approximate surface area is 65.4 Å². The van der Waals surface area contributed by atoms with Crippen LogP contribution in [0, 0.1) is 0 Å². The van der Waals surface area contributed by atoms with E-state index in [1.807, 2.05) is 0 Å². The number of rotatable bonds is 6. The minimum absolute atomic E-state index is 0.0415. The van der Waals surface area contributed by atoms with Gasteiger partial charge in [0.05, 0.1) is 12.2 Å². The van der Waals surface area contributed by atoms with E-state index in [0.717, 1.165) is 0 Å². The Hall–Kier alpha value is -0.200. The molecule has 0 fully saturated rings. The molecule has 5 heteroatoms. The van der Waals surface area contributed by atoms with Crippen molar-refractivity contribution in [1.82, 2.24) is 0 Å². The smallest absolute Gasteiger partial charge is 0.111 e. The molecule has 0 radical (unpaired) electrons. The molecule has 11 heavy (non-hydrogen) atoms. The lowest BCUT2D eigenvalue weighted by molar-refractivity contribution is -0.517. The second-order valence-corrected chi connectivity index (χ2v) is 2.34. The largest absolute Gasteiger partial charge is 0.391 e. The Morgan fingerprint density at radius 1 is 1.00 bits per heavy atom. The second kappa shape index (κ2) is 6.51. The van der Waals surface area contributed by atoms with Crippen molar-refractivity contribution in [2.45, 2.75) is 26.1 Å². The Kier molecular flexibility index (Phi) is 6.39. The normalized spacial score (nSPS) is 16.4. The molecule has 0 aliphatic carbocycles. The molecular weight excluding hydrogens is 152 g/mol. The summed E-state index contributed by atoms with van der Waals surface area (Å²) in [6.07, 6.45) is -1.18. The highest BCUT2D eigenvalue weighted by Gasteiger charge is 1.98. The molecule has 0 aromatic rings. The van der Waals surface area contributed by atoms with Crippen LogP contribution in [0.1, 0.15) is 13.8 Å². The van der Waals surface area contributed by atoms with E-state index in [9.17, 15) is 0 Å². The Morgan fingerprint density at radius 2 is 1.36 bits per heavy atom. The van der Waals surface area contributed by atoms with E-state index in [1.165, 1.54) is 0 Å². The van der Waals surface area contributed by atoms with Crippen LogP contribution < -0.4 is 0 Å². The molecule has 0 aromatic carbocycles. The summed E-state index contributed by atoms with van der Waals surface area (Å²) in [7, 11) is 0. The first kappa shape index (κ1) is 10.8. The van der Waals surface area contributed by atoms with E-state index in [1.54, 1.807) is 13.8 Å². The Morgan fingerprint density at radius 3 is 1.64 bits per heavy atom. The fourth-order valence-corrected chi connectivity index (χ4v) is 0.287. The first-order valence-corrected chi connectivity index (χ1v) is 3.40. The van der Waals surface area contributed by atoms with E-state index < -0.39 is 12.2 Å². The van der Waals surface area contributed by atoms with E-state index in [0.29, 0.717) is 0 Å². The summed E-state index contributed by atoms with van der Waals surface area (Å²) in [6, 6.07) is 0. The summed E-state index contributed by atoms with van der Waals surface area (Å²) in [6.45, 7) is 3.19. The van der Waals surface area contributed by atoms with Crippen LogP contribution in [0.15, 0.2) is 0 Å². The van der Waals surface area contributed by atoms with Gasteiger partial charge < -0.3 is 10.2 Å². The van der Waals surface area contributed by atoms with Crippen molar-refractivity contribution < 1.29 is 25.0 Å². The van der Waals surface area contributed by atoms with E-state index in [2.05, 4.69) is 14.8 Å². The molecule has 0 aliphatic rings. The van der Waals surface area contributed by atoms with Gasteiger partial charge in [-0.3, -0.25) is 0 Å². The molecule has 5 nitrogen and oxygen atoms in total. The molecule has 0 heterocycles. The van der Waals surface area contributed by atoms with Gasteiger partial charge >= 0.3 is 0 Å². The standard InChI is InChI=1S/C6H14O5/c1-5(7)3-9-11-10-4-6(2)8/h5-8H,3-4H2,1-2H3. The molecule has 0 spiro atoms. The maximum absolute atomic E-state index is 8.65. The summed E-state index contributed by atoms with van der Waals surface area (Å²) in [4.78, 5) is 8.72. The van der Waals surface area contributed by atoms with E-state index in [4.69, 9.17) is 10.2 Å². The monoisotopic (exact) mass is 166 g/mol. The third-order valence-electron chi connectivity index (χ3n) is 0.715. The molecular formula is C6H14O5. The SMILES string of the molecule is CC(O)COOOCC(C)O. The molecule has 2 atom stereocenters. The maximum Gasteiger partial charge on any atom is 0.111 e. The zero-order valence-electron chi connectivity index (χ0n) is 6.69. The first-order valence-electron chi connectivity index (χ1n) is 3.40. The molecule has 0 aliphatic heterocycles. The van der Waals surface area contributed by atoms with Gasteiger partial charge in [0.15, 0.2) is 0 Å². The first-order chi connectivity index (χ1) is 5.13. The minimum Gasteiger partial charge on any atom is -0.391 e. The van der Waals surface area contributed by atoms with E-state index >= 15 is 0 Å². The van der Waals surface area contributed by atoms with Crippen LogP contribution in [0.25, 0.3) is 0 Å². The number of aliphatic hydroxyl groups excluding tert-OH is 2. The molecule has 0 saturated carbocycles. The zero-order chi connectivity index (χ0) is 8.69. The quantitative estimate of drug-likeness (QED) is 0.320. The number of aliphatic hydroxyl groups is 2. The van der Waals surface area contributed by atoms with Gasteiger partial charge in [-0.05, 0) is 13.8 Å². The predicted molar refractivity (Wildman–Crippen MR) is 36.4 cm³/mol. The summed E-state index contributed by atoms with van der Waals surface area (Å²) in [5.74, 6) is 0. The highest BCUT2D eigenvalue weighted by Crippen LogP contribution is 1.88. The predicted octanol–water partition coefficient (Wildman–Crippen LogP) is -0.372. The van der Waals surface area contributed by atoms with Crippen LogP contribution in [-0.4, -0.2) is 35.6 Å². The van der Waals surface area contributed by atoms with Crippen LogP contribution in [0.4, 0.5) is 0 Å². The maximum atomic E-state index is 8.65. The topological polar surface area (TPSA) is 68.2 Å². The van der Waals surface area contributed by atoms with Crippen molar-refractivity contribution in [1.29, 1.82) is 0 Å². The fraction of sp³-hybridized carbons (Fsp3) is 1.00. The van der Waals surface area contributed by atoms with Gasteiger partial charge in [-0.1, -0.05) is 5.04 Å². The Balaban J connectivity index is 2.91. The van der Waals surface area contributed by atoms with E-state index in [-0.39, 0.29) is 13.2 Å². The van der Waals surface area contributed by atoms with Crippen LogP contribution in [0.3, 0.4) is 0 Å². The lowest BCUT2D eigenvalue weighted by Crippen LogP contribution is -2.14. The van der Waals surface area contributed by atoms with Crippen LogP contribution >= 0.6 is 0 Å². The molecule has 68 valence electrons. The number of hydrogen-bond acceptors (Lipinski definition) is 5. The third kappa shape index (κ3) is 9.80. The van der Waals surface area contributed by atoms with Crippen molar-refractivity contribution in [3.8, 4) is 0 Å². The lowest BCUT2D eigenvalue weighted by Gasteiger charge is -2.05. The lowest BCUT2D eigenvalue weighted by atomic mass is 10.5. The van der Waals surface area contributed by atoms with Gasteiger partial charge in [0.25, 0.3) is 0 Å². The molecule has 0 amide bonds. The third-order valence-corrected chi connectivity index (χ3v) is 0.715. The molecule has 0 bridgehead atoms. The van der Waals surface area contributed by atoms with Crippen molar-refractivity contribution in [2.75, 3.05) is 13.2 Å². The zero-order valence-corrected chi connectivity index (χ0v) is 6.69. The summed E-state index contributed by atoms with van der Waals surface area (Å²) in [5.41, 5.74) is 0. The molecule has 2 N–H and O–H groups in total. The summed E-state index contributed by atoms with van der Waals surface area (Å²) < 4.78 is 0. The van der Waals surface area contributed by atoms with Crippen LogP contribution in [0.2, 0.25) is 0 Å². The summed E-state index contributed by atoms with van der Waals surface area (Å²) >= 11 is 0. The van der Waals surface area contributed by atoms with Crippen molar-refractivity contribution in [3.05, 3.63) is 0 Å². The molecule has 0 saturated heterocycles. The van der Waals surface area contributed by atoms with Crippen molar-refractivity contribution in [2.24, 2.45) is 0 Å². The van der Waals surface area contributed by atoms with Gasteiger partial charge in [-0.2, -0.15) is 0 Å². The highest BCUT2D eigenvalue weighted by atomic mass is 17.5. The minimum atomic E-state index is -0.592. The molecule has 0 aromatic heterocycles. The summed E-state index contributed by atoms with van der Waals surface area (Å²) in [5, 5.41) is 21.4. The Bertz CT molecular complexity index is 73.0. The fourth-order valence-electron chi connectivity index (χ4n) is 0.287. The van der Waals surface area contributed by atoms with Crippen LogP contribution in [0.5, 0.6) is 0 Å². The van der Waals surface area contributed by atoms with Gasteiger partial charge in [0.2, 0.25) is 0 Å². The van der Waals surface area contributed by atoms with Gasteiger partial charge in [0, 0.05) is 0 Å². The average Bonchev–Trinajstić information content (AvgIpc) is 1.85. The van der Waals surface area contributed by atoms with Gasteiger partial charge in [-0.25, -0.2) is 9.78 Å². The second-order valence-electron chi connectivity index (χ2n) is 2.34. The van der Waals surface area contributed by atoms with Crippen molar-refractivity contribution >= 4 is 0 Å². The van der Waals surface area contributed by atoms with Gasteiger partial charge in [0.1, 0.15) is 13.2 Å². The van der Waals surface area contributed by atoms with Crippen molar-refractivity contribution in [3.63, 3.8) is 0 Å².